The average Bonchev–Trinajstić information content (AvgIpc) is 2.84. The van der Waals surface area contributed by atoms with Crippen molar-refractivity contribution in [2.75, 3.05) is 18.4 Å². The molecule has 0 saturated carbocycles. The van der Waals surface area contributed by atoms with Gasteiger partial charge in [-0.15, -0.1) is 0 Å². The number of para-hydroxylation sites is 1. The molecule has 9 heteroatoms. The summed E-state index contributed by atoms with van der Waals surface area (Å²) in [6.45, 7) is 3.98. The molecule has 3 N–H and O–H groups in total. The molecule has 8 nitrogen and oxygen atoms in total. The second kappa shape index (κ2) is 10.8. The zero-order chi connectivity index (χ0) is 24.7. The predicted octanol–water partition coefficient (Wildman–Crippen LogP) is 3.74. The molecule has 0 heterocycles. The first-order valence-corrected chi connectivity index (χ1v) is 12.2. The zero-order valence-electron chi connectivity index (χ0n) is 19.2. The normalized spacial score (nSPS) is 11.9. The molecule has 2 amide bonds. The number of hydrogen-bond donors (Lipinski definition) is 3. The second-order valence-electron chi connectivity index (χ2n) is 7.48. The van der Waals surface area contributed by atoms with Gasteiger partial charge in [0, 0.05) is 6.54 Å². The maximum atomic E-state index is 13.1. The number of methoxy groups -OCH3 is 1. The fourth-order valence-electron chi connectivity index (χ4n) is 3.36. The monoisotopic (exact) mass is 481 g/mol. The molecule has 3 aromatic carbocycles. The third kappa shape index (κ3) is 5.74. The minimum atomic E-state index is -4.11. The number of carbonyl (C=O) groups excluding carboxylic acids is 2. The summed E-state index contributed by atoms with van der Waals surface area (Å²) >= 11 is 0. The molecule has 0 fully saturated rings. The van der Waals surface area contributed by atoms with E-state index < -0.39 is 21.8 Å². The number of hydrogen-bond acceptors (Lipinski definition) is 5. The summed E-state index contributed by atoms with van der Waals surface area (Å²) in [5.74, 6) is -0.627. The molecule has 3 rings (SSSR count). The molecule has 0 spiro atoms. The Labute approximate surface area is 199 Å². The molecule has 0 aromatic heterocycles. The van der Waals surface area contributed by atoms with E-state index in [2.05, 4.69) is 15.4 Å². The van der Waals surface area contributed by atoms with Gasteiger partial charge in [0.25, 0.3) is 21.8 Å². The van der Waals surface area contributed by atoms with Gasteiger partial charge < -0.3 is 15.4 Å². The number of sulfonamides is 1. The minimum Gasteiger partial charge on any atom is -0.496 e. The fraction of sp³-hybridized carbons (Fsp3) is 0.200. The third-order valence-corrected chi connectivity index (χ3v) is 6.49. The number of carbonyl (C=O) groups is 2. The number of anilines is 1. The van der Waals surface area contributed by atoms with Gasteiger partial charge in [-0.2, -0.15) is 0 Å². The second-order valence-corrected chi connectivity index (χ2v) is 9.16. The molecule has 34 heavy (non-hydrogen) atoms. The lowest BCUT2D eigenvalue weighted by Gasteiger charge is -2.17. The van der Waals surface area contributed by atoms with Crippen molar-refractivity contribution >= 4 is 27.5 Å². The smallest absolute Gasteiger partial charge is 0.261 e. The summed E-state index contributed by atoms with van der Waals surface area (Å²) in [5, 5.41) is 5.52. The van der Waals surface area contributed by atoms with E-state index in [0.717, 1.165) is 5.56 Å². The van der Waals surface area contributed by atoms with Crippen LogP contribution >= 0.6 is 0 Å². The Balaban J connectivity index is 1.88. The van der Waals surface area contributed by atoms with Crippen LogP contribution in [0.3, 0.4) is 0 Å². The number of nitrogens with one attached hydrogen (secondary N) is 3. The first-order chi connectivity index (χ1) is 16.3. The van der Waals surface area contributed by atoms with Crippen LogP contribution in [0.2, 0.25) is 0 Å². The third-order valence-electron chi connectivity index (χ3n) is 5.13. The average molecular weight is 482 g/mol. The van der Waals surface area contributed by atoms with Crippen molar-refractivity contribution < 1.29 is 22.7 Å². The number of rotatable bonds is 9. The van der Waals surface area contributed by atoms with Gasteiger partial charge in [-0.25, -0.2) is 8.42 Å². The van der Waals surface area contributed by atoms with E-state index in [1.54, 1.807) is 25.1 Å². The van der Waals surface area contributed by atoms with Crippen LogP contribution in [0.1, 0.15) is 46.2 Å². The van der Waals surface area contributed by atoms with Gasteiger partial charge >= 0.3 is 0 Å². The van der Waals surface area contributed by atoms with Crippen LogP contribution in [-0.4, -0.2) is 33.9 Å². The molecule has 0 aliphatic rings. The Bertz CT molecular complexity index is 1280. The quantitative estimate of drug-likeness (QED) is 0.431. The summed E-state index contributed by atoms with van der Waals surface area (Å²) in [6.07, 6.45) is 0. The van der Waals surface area contributed by atoms with Crippen molar-refractivity contribution in [3.05, 3.63) is 89.5 Å². The number of ether oxygens (including phenoxy) is 1. The molecule has 0 saturated heterocycles. The van der Waals surface area contributed by atoms with Crippen molar-refractivity contribution in [1.29, 1.82) is 0 Å². The van der Waals surface area contributed by atoms with Gasteiger partial charge in [0.05, 0.1) is 34.9 Å². The van der Waals surface area contributed by atoms with Gasteiger partial charge in [-0.1, -0.05) is 42.5 Å². The SMILES string of the molecule is CCNC(=O)c1cc(S(=O)(=O)Nc2ccccc2C(=O)N[C@H](C)c2ccccc2)ccc1OC. The van der Waals surface area contributed by atoms with Crippen molar-refractivity contribution in [2.24, 2.45) is 0 Å². The number of benzene rings is 3. The predicted molar refractivity (Wildman–Crippen MR) is 131 cm³/mol. The van der Waals surface area contributed by atoms with E-state index in [4.69, 9.17) is 4.74 Å². The van der Waals surface area contributed by atoms with E-state index in [1.165, 1.54) is 31.4 Å². The Hall–Kier alpha value is -3.85. The molecular weight excluding hydrogens is 454 g/mol. The summed E-state index contributed by atoms with van der Waals surface area (Å²) in [5.41, 5.74) is 1.31. The Morgan fingerprint density at radius 1 is 0.912 bits per heavy atom. The Morgan fingerprint density at radius 3 is 2.26 bits per heavy atom. The first-order valence-electron chi connectivity index (χ1n) is 10.7. The van der Waals surface area contributed by atoms with Gasteiger partial charge in [0.1, 0.15) is 5.75 Å². The van der Waals surface area contributed by atoms with Crippen LogP contribution in [0, 0.1) is 0 Å². The highest BCUT2D eigenvalue weighted by atomic mass is 32.2. The molecule has 0 aliphatic heterocycles. The highest BCUT2D eigenvalue weighted by Crippen LogP contribution is 2.26. The van der Waals surface area contributed by atoms with Gasteiger partial charge in [-0.05, 0) is 49.7 Å². The van der Waals surface area contributed by atoms with E-state index >= 15 is 0 Å². The van der Waals surface area contributed by atoms with Crippen molar-refractivity contribution in [1.82, 2.24) is 10.6 Å². The highest BCUT2D eigenvalue weighted by Gasteiger charge is 2.22. The topological polar surface area (TPSA) is 114 Å². The lowest BCUT2D eigenvalue weighted by molar-refractivity contribution is 0.0936. The van der Waals surface area contributed by atoms with Crippen LogP contribution in [0.5, 0.6) is 5.75 Å². The zero-order valence-corrected chi connectivity index (χ0v) is 20.0. The molecule has 0 radical (unpaired) electrons. The van der Waals surface area contributed by atoms with Crippen LogP contribution in [-0.2, 0) is 10.0 Å². The molecule has 0 bridgehead atoms. The Morgan fingerprint density at radius 2 is 1.59 bits per heavy atom. The Kier molecular flexibility index (Phi) is 7.91. The van der Waals surface area contributed by atoms with Crippen molar-refractivity contribution in [2.45, 2.75) is 24.8 Å². The lowest BCUT2D eigenvalue weighted by atomic mass is 10.1. The molecule has 0 unspecified atom stereocenters. The summed E-state index contributed by atoms with van der Waals surface area (Å²) < 4.78 is 33.9. The van der Waals surface area contributed by atoms with Gasteiger partial charge in [0.2, 0.25) is 0 Å². The molecule has 178 valence electrons. The minimum absolute atomic E-state index is 0.0925. The molecule has 3 aromatic rings. The van der Waals surface area contributed by atoms with Crippen LogP contribution < -0.4 is 20.1 Å². The van der Waals surface area contributed by atoms with Crippen LogP contribution in [0.4, 0.5) is 5.69 Å². The summed E-state index contributed by atoms with van der Waals surface area (Å²) in [7, 11) is -2.71. The largest absolute Gasteiger partial charge is 0.496 e. The van der Waals surface area contributed by atoms with Crippen LogP contribution in [0.25, 0.3) is 0 Å². The number of amides is 2. The van der Waals surface area contributed by atoms with Crippen LogP contribution in [0.15, 0.2) is 77.7 Å². The molecule has 1 atom stereocenters. The van der Waals surface area contributed by atoms with E-state index in [9.17, 15) is 18.0 Å². The lowest BCUT2D eigenvalue weighted by Crippen LogP contribution is -2.28. The van der Waals surface area contributed by atoms with Gasteiger partial charge in [-0.3, -0.25) is 14.3 Å². The maximum absolute atomic E-state index is 13.1. The van der Waals surface area contributed by atoms with Crippen molar-refractivity contribution in [3.8, 4) is 5.75 Å². The van der Waals surface area contributed by atoms with E-state index in [-0.39, 0.29) is 33.5 Å². The standard InChI is InChI=1S/C25H27N3O5S/c1-4-26-24(29)21-16-19(14-15-23(21)33-3)34(31,32)28-22-13-9-8-12-20(22)25(30)27-17(2)18-10-6-5-7-11-18/h5-17,28H,4H2,1-3H3,(H,26,29)(H,27,30)/t17-/m1/s1. The van der Waals surface area contributed by atoms with E-state index in [1.807, 2.05) is 37.3 Å². The maximum Gasteiger partial charge on any atom is 0.261 e. The van der Waals surface area contributed by atoms with Crippen molar-refractivity contribution in [3.63, 3.8) is 0 Å². The molecular formula is C25H27N3O5S. The summed E-state index contributed by atoms with van der Waals surface area (Å²) in [6, 6.07) is 19.5. The highest BCUT2D eigenvalue weighted by molar-refractivity contribution is 7.92. The van der Waals surface area contributed by atoms with E-state index in [0.29, 0.717) is 6.54 Å². The summed E-state index contributed by atoms with van der Waals surface area (Å²) in [4.78, 5) is 25.2. The first kappa shape index (κ1) is 24.8. The van der Waals surface area contributed by atoms with Gasteiger partial charge in [0.15, 0.2) is 0 Å². The fourth-order valence-corrected chi connectivity index (χ4v) is 4.47. The molecule has 0 aliphatic carbocycles.